The van der Waals surface area contributed by atoms with Crippen molar-refractivity contribution >= 4 is 5.91 Å². The van der Waals surface area contributed by atoms with Gasteiger partial charge in [0.05, 0.1) is 6.04 Å². The molecular formula is C11H19N5O. The monoisotopic (exact) mass is 237 g/mol. The van der Waals surface area contributed by atoms with Crippen LogP contribution in [0.3, 0.4) is 0 Å². The summed E-state index contributed by atoms with van der Waals surface area (Å²) in [5.74, 6) is 0.866. The summed E-state index contributed by atoms with van der Waals surface area (Å²) < 4.78 is 1.67. The molecule has 0 radical (unpaired) electrons. The van der Waals surface area contributed by atoms with Gasteiger partial charge in [0.2, 0.25) is 5.91 Å². The van der Waals surface area contributed by atoms with Crippen LogP contribution >= 0.6 is 0 Å². The first-order valence-corrected chi connectivity index (χ1v) is 6.11. The molecule has 1 aromatic rings. The number of hydrogen-bond acceptors (Lipinski definition) is 4. The van der Waals surface area contributed by atoms with Crippen molar-refractivity contribution in [2.45, 2.75) is 31.7 Å². The molecule has 1 fully saturated rings. The molecule has 17 heavy (non-hydrogen) atoms. The van der Waals surface area contributed by atoms with Crippen LogP contribution in [0.2, 0.25) is 0 Å². The summed E-state index contributed by atoms with van der Waals surface area (Å²) in [5.41, 5.74) is 0. The van der Waals surface area contributed by atoms with Crippen LogP contribution in [0.25, 0.3) is 0 Å². The van der Waals surface area contributed by atoms with Crippen LogP contribution in [0.1, 0.15) is 25.1 Å². The molecule has 1 amide bonds. The van der Waals surface area contributed by atoms with Gasteiger partial charge in [0, 0.05) is 20.0 Å². The van der Waals surface area contributed by atoms with Gasteiger partial charge in [0.25, 0.3) is 0 Å². The first-order valence-electron chi connectivity index (χ1n) is 6.11. The number of rotatable bonds is 4. The van der Waals surface area contributed by atoms with Crippen molar-refractivity contribution in [1.82, 2.24) is 25.4 Å². The van der Waals surface area contributed by atoms with Gasteiger partial charge in [-0.25, -0.2) is 4.98 Å². The molecule has 94 valence electrons. The predicted octanol–water partition coefficient (Wildman–Crippen LogP) is -0.384. The lowest BCUT2D eigenvalue weighted by atomic mass is 10.0. The molecule has 1 aliphatic heterocycles. The summed E-state index contributed by atoms with van der Waals surface area (Å²) >= 11 is 0. The maximum Gasteiger partial charge on any atom is 0.237 e. The average Bonchev–Trinajstić information content (AvgIpc) is 2.76. The molecule has 1 atom stereocenters. The highest BCUT2D eigenvalue weighted by Gasteiger charge is 2.19. The summed E-state index contributed by atoms with van der Waals surface area (Å²) in [7, 11) is 1.83. The molecule has 1 aromatic heterocycles. The second-order valence-electron chi connectivity index (χ2n) is 4.38. The summed E-state index contributed by atoms with van der Waals surface area (Å²) in [6.07, 6.45) is 5.58. The summed E-state index contributed by atoms with van der Waals surface area (Å²) in [6.45, 7) is 1.54. The maximum absolute atomic E-state index is 11.8. The fourth-order valence-corrected chi connectivity index (χ4v) is 1.99. The van der Waals surface area contributed by atoms with Gasteiger partial charge >= 0.3 is 0 Å². The Kier molecular flexibility index (Phi) is 4.08. The Morgan fingerprint density at radius 3 is 3.18 bits per heavy atom. The molecule has 0 unspecified atom stereocenters. The third-order valence-electron chi connectivity index (χ3n) is 2.92. The smallest absolute Gasteiger partial charge is 0.237 e. The third kappa shape index (κ3) is 3.52. The van der Waals surface area contributed by atoms with Gasteiger partial charge in [0.1, 0.15) is 6.33 Å². The topological polar surface area (TPSA) is 71.8 Å². The highest BCUT2D eigenvalue weighted by molar-refractivity contribution is 5.81. The Balaban J connectivity index is 1.69. The van der Waals surface area contributed by atoms with Crippen molar-refractivity contribution in [3.63, 3.8) is 0 Å². The van der Waals surface area contributed by atoms with E-state index in [1.807, 2.05) is 7.05 Å². The van der Waals surface area contributed by atoms with E-state index in [-0.39, 0.29) is 11.9 Å². The van der Waals surface area contributed by atoms with Crippen molar-refractivity contribution in [3.05, 3.63) is 12.2 Å². The van der Waals surface area contributed by atoms with Gasteiger partial charge in [-0.2, -0.15) is 5.10 Å². The van der Waals surface area contributed by atoms with Crippen molar-refractivity contribution in [3.8, 4) is 0 Å². The van der Waals surface area contributed by atoms with E-state index in [2.05, 4.69) is 20.7 Å². The Labute approximate surface area is 101 Å². The van der Waals surface area contributed by atoms with Crippen LogP contribution in [0, 0.1) is 0 Å². The normalized spacial score (nSPS) is 20.2. The highest BCUT2D eigenvalue weighted by atomic mass is 16.2. The number of carbonyl (C=O) groups excluding carboxylic acids is 1. The molecule has 0 bridgehead atoms. The number of aryl methyl sites for hydroxylation is 1. The molecule has 1 aliphatic rings. The zero-order valence-corrected chi connectivity index (χ0v) is 10.1. The molecule has 1 saturated heterocycles. The minimum atomic E-state index is -0.0135. The third-order valence-corrected chi connectivity index (χ3v) is 2.92. The first kappa shape index (κ1) is 12.0. The van der Waals surface area contributed by atoms with Crippen LogP contribution in [0.15, 0.2) is 6.33 Å². The van der Waals surface area contributed by atoms with E-state index >= 15 is 0 Å². The Hall–Kier alpha value is -1.43. The predicted molar refractivity (Wildman–Crippen MR) is 63.4 cm³/mol. The summed E-state index contributed by atoms with van der Waals surface area (Å²) in [6, 6.07) is -0.0135. The van der Waals surface area contributed by atoms with Crippen LogP contribution in [-0.2, 0) is 18.3 Å². The van der Waals surface area contributed by atoms with Gasteiger partial charge in [-0.1, -0.05) is 6.42 Å². The van der Waals surface area contributed by atoms with Crippen LogP contribution in [0.5, 0.6) is 0 Å². The zero-order valence-electron chi connectivity index (χ0n) is 10.1. The zero-order chi connectivity index (χ0) is 12.1. The molecular weight excluding hydrogens is 218 g/mol. The molecule has 0 spiro atoms. The largest absolute Gasteiger partial charge is 0.354 e. The summed E-state index contributed by atoms with van der Waals surface area (Å²) in [5, 5.41) is 10.3. The first-order chi connectivity index (χ1) is 8.25. The fraction of sp³-hybridized carbons (Fsp3) is 0.727. The van der Waals surface area contributed by atoms with Gasteiger partial charge in [0.15, 0.2) is 5.82 Å². The minimum Gasteiger partial charge on any atom is -0.354 e. The number of aromatic nitrogens is 3. The lowest BCUT2D eigenvalue weighted by Gasteiger charge is -2.22. The molecule has 0 aliphatic carbocycles. The molecule has 0 saturated carbocycles. The van der Waals surface area contributed by atoms with E-state index in [1.54, 1.807) is 11.0 Å². The average molecular weight is 237 g/mol. The van der Waals surface area contributed by atoms with Crippen LogP contribution < -0.4 is 10.6 Å². The number of piperidine rings is 1. The van der Waals surface area contributed by atoms with E-state index in [0.29, 0.717) is 13.0 Å². The molecule has 2 heterocycles. The molecule has 2 rings (SSSR count). The van der Waals surface area contributed by atoms with Gasteiger partial charge < -0.3 is 10.6 Å². The van der Waals surface area contributed by atoms with E-state index in [9.17, 15) is 4.79 Å². The number of amides is 1. The second kappa shape index (κ2) is 5.77. The van der Waals surface area contributed by atoms with E-state index in [1.165, 1.54) is 6.42 Å². The summed E-state index contributed by atoms with van der Waals surface area (Å²) in [4.78, 5) is 15.9. The number of nitrogens with zero attached hydrogens (tertiary/aromatic N) is 3. The Bertz CT molecular complexity index is 370. The van der Waals surface area contributed by atoms with Gasteiger partial charge in [-0.05, 0) is 19.4 Å². The van der Waals surface area contributed by atoms with Crippen LogP contribution in [0.4, 0.5) is 0 Å². The number of carbonyl (C=O) groups is 1. The number of hydrogen-bond donors (Lipinski definition) is 2. The van der Waals surface area contributed by atoms with Crippen molar-refractivity contribution in [2.24, 2.45) is 7.05 Å². The van der Waals surface area contributed by atoms with Crippen LogP contribution in [-0.4, -0.2) is 39.8 Å². The lowest BCUT2D eigenvalue weighted by Crippen LogP contribution is -2.47. The van der Waals surface area contributed by atoms with E-state index in [0.717, 1.165) is 25.2 Å². The van der Waals surface area contributed by atoms with E-state index in [4.69, 9.17) is 0 Å². The maximum atomic E-state index is 11.8. The molecule has 0 aromatic carbocycles. The Morgan fingerprint density at radius 1 is 1.65 bits per heavy atom. The standard InChI is InChI=1S/C11H19N5O/c1-16-8-14-10(15-16)5-7-13-11(17)9-4-2-3-6-12-9/h8-9,12H,2-7H2,1H3,(H,13,17)/t9-/m1/s1. The highest BCUT2D eigenvalue weighted by Crippen LogP contribution is 2.06. The van der Waals surface area contributed by atoms with Crippen molar-refractivity contribution < 1.29 is 4.79 Å². The second-order valence-corrected chi connectivity index (χ2v) is 4.38. The fourth-order valence-electron chi connectivity index (χ4n) is 1.99. The van der Waals surface area contributed by atoms with Gasteiger partial charge in [-0.3, -0.25) is 9.48 Å². The number of nitrogens with one attached hydrogen (secondary N) is 2. The molecule has 6 nitrogen and oxygen atoms in total. The SMILES string of the molecule is Cn1cnc(CCNC(=O)[C@H]2CCCCN2)n1. The minimum absolute atomic E-state index is 0.0135. The Morgan fingerprint density at radius 2 is 2.53 bits per heavy atom. The molecule has 6 heteroatoms. The van der Waals surface area contributed by atoms with Crippen molar-refractivity contribution in [1.29, 1.82) is 0 Å². The lowest BCUT2D eigenvalue weighted by molar-refractivity contribution is -0.123. The van der Waals surface area contributed by atoms with Crippen molar-refractivity contribution in [2.75, 3.05) is 13.1 Å². The molecule has 2 N–H and O–H groups in total. The van der Waals surface area contributed by atoms with E-state index < -0.39 is 0 Å². The quantitative estimate of drug-likeness (QED) is 0.748. The van der Waals surface area contributed by atoms with Gasteiger partial charge in [-0.15, -0.1) is 0 Å².